The van der Waals surface area contributed by atoms with E-state index in [0.29, 0.717) is 23.0 Å². The minimum atomic E-state index is -0.593. The third-order valence-corrected chi connectivity index (χ3v) is 8.51. The largest absolute Gasteiger partial charge is 0.465 e. The van der Waals surface area contributed by atoms with E-state index in [-0.39, 0.29) is 18.2 Å². The summed E-state index contributed by atoms with van der Waals surface area (Å²) in [6.45, 7) is 6.23. The molecule has 2 aliphatic carbocycles. The van der Waals surface area contributed by atoms with E-state index in [9.17, 15) is 4.79 Å². The second-order valence-corrected chi connectivity index (χ2v) is 9.93. The van der Waals surface area contributed by atoms with Gasteiger partial charge in [0.25, 0.3) is 0 Å². The summed E-state index contributed by atoms with van der Waals surface area (Å²) in [6, 6.07) is 0. The zero-order valence-electron chi connectivity index (χ0n) is 13.4. The normalized spacial score (nSPS) is 46.1. The van der Waals surface area contributed by atoms with E-state index in [4.69, 9.17) is 14.2 Å². The molecule has 0 spiro atoms. The Morgan fingerprint density at radius 2 is 2.00 bits per heavy atom. The van der Waals surface area contributed by atoms with Crippen molar-refractivity contribution < 1.29 is 19.0 Å². The summed E-state index contributed by atoms with van der Waals surface area (Å²) >= 11 is 4.08. The van der Waals surface area contributed by atoms with Gasteiger partial charge >= 0.3 is 5.97 Å². The highest BCUT2D eigenvalue weighted by atomic mass is 32.2. The summed E-state index contributed by atoms with van der Waals surface area (Å²) in [4.78, 5) is 12.6. The Hall–Kier alpha value is 0.0900. The van der Waals surface area contributed by atoms with Crippen LogP contribution in [0.2, 0.25) is 0 Å². The molecule has 0 aromatic rings. The summed E-state index contributed by atoms with van der Waals surface area (Å²) in [6.07, 6.45) is 2.11. The first-order valence-corrected chi connectivity index (χ1v) is 10.4. The number of fused-ring (bicyclic) bond motifs is 3. The Labute approximate surface area is 140 Å². The Morgan fingerprint density at radius 3 is 2.68 bits per heavy atom. The molecule has 6 heteroatoms. The third kappa shape index (κ3) is 2.17. The monoisotopic (exact) mass is 344 g/mol. The van der Waals surface area contributed by atoms with Gasteiger partial charge in [-0.3, -0.25) is 4.79 Å². The van der Waals surface area contributed by atoms with Gasteiger partial charge in [-0.2, -0.15) is 0 Å². The van der Waals surface area contributed by atoms with Crippen LogP contribution in [0.3, 0.4) is 0 Å². The maximum atomic E-state index is 12.6. The van der Waals surface area contributed by atoms with Gasteiger partial charge in [-0.1, -0.05) is 0 Å². The molecule has 0 bridgehead atoms. The van der Waals surface area contributed by atoms with Crippen LogP contribution >= 0.6 is 23.5 Å². The number of rotatable bonds is 3. The number of esters is 1. The van der Waals surface area contributed by atoms with Crippen molar-refractivity contribution in [2.24, 2.45) is 17.3 Å². The second kappa shape index (κ2) is 5.30. The Balaban J connectivity index is 1.63. The number of carbonyl (C=O) groups excluding carboxylic acids is 1. The fourth-order valence-electron chi connectivity index (χ4n) is 4.50. The Bertz CT molecular complexity index is 477. The smallest absolute Gasteiger partial charge is 0.315 e. The molecule has 2 saturated carbocycles. The van der Waals surface area contributed by atoms with Crippen molar-refractivity contribution in [1.29, 1.82) is 0 Å². The standard InChI is InChI=1S/C16H24O4S2/c1-4-18-14(17)16-8-9(16)10(13-21-6-5-7-22-13)11-12(16)20-15(2,3)19-11/h9-13H,4-8H2,1-3H3/t9-,10-,11+,12+,16-/m0/s1. The van der Waals surface area contributed by atoms with Gasteiger partial charge in [-0.05, 0) is 51.0 Å². The number of thioether (sulfide) groups is 2. The van der Waals surface area contributed by atoms with Crippen LogP contribution in [0.5, 0.6) is 0 Å². The van der Waals surface area contributed by atoms with Gasteiger partial charge in [0.15, 0.2) is 5.79 Å². The molecule has 2 aliphatic heterocycles. The van der Waals surface area contributed by atoms with Gasteiger partial charge in [0.05, 0.1) is 17.3 Å². The van der Waals surface area contributed by atoms with Gasteiger partial charge in [-0.15, -0.1) is 23.5 Å². The summed E-state index contributed by atoms with van der Waals surface area (Å²) in [5.41, 5.74) is -0.433. The van der Waals surface area contributed by atoms with Crippen molar-refractivity contribution >= 4 is 29.5 Å². The van der Waals surface area contributed by atoms with Gasteiger partial charge in [0, 0.05) is 5.92 Å². The molecule has 2 saturated heterocycles. The minimum Gasteiger partial charge on any atom is -0.465 e. The number of ether oxygens (including phenoxy) is 3. The van der Waals surface area contributed by atoms with Crippen LogP contribution in [-0.4, -0.2) is 46.7 Å². The van der Waals surface area contributed by atoms with Gasteiger partial charge in [0.2, 0.25) is 0 Å². The highest BCUT2D eigenvalue weighted by molar-refractivity contribution is 8.17. The molecule has 0 aromatic heterocycles. The van der Waals surface area contributed by atoms with Crippen LogP contribution in [0.4, 0.5) is 0 Å². The second-order valence-electron chi connectivity index (χ2n) is 7.13. The minimum absolute atomic E-state index is 0.0428. The van der Waals surface area contributed by atoms with E-state index in [1.165, 1.54) is 17.9 Å². The quantitative estimate of drug-likeness (QED) is 0.734. The van der Waals surface area contributed by atoms with Crippen LogP contribution in [0.15, 0.2) is 0 Å². The van der Waals surface area contributed by atoms with E-state index in [1.54, 1.807) is 0 Å². The molecular formula is C16H24O4S2. The SMILES string of the molecule is CCOC(=O)[C@@]12C[C@H]1[C@H](C1SCCCS1)[C@H]1OC(C)(C)O[C@H]12. The van der Waals surface area contributed by atoms with Crippen molar-refractivity contribution in [2.75, 3.05) is 18.1 Å². The van der Waals surface area contributed by atoms with Crippen molar-refractivity contribution in [3.8, 4) is 0 Å². The predicted octanol–water partition coefficient (Wildman–Crippen LogP) is 2.90. The molecule has 124 valence electrons. The fraction of sp³-hybridized carbons (Fsp3) is 0.938. The molecule has 0 unspecified atom stereocenters. The molecule has 22 heavy (non-hydrogen) atoms. The summed E-state index contributed by atoms with van der Waals surface area (Å²) in [5, 5.41) is 0. The molecule has 4 rings (SSSR count). The summed E-state index contributed by atoms with van der Waals surface area (Å²) < 4.78 is 18.3. The summed E-state index contributed by atoms with van der Waals surface area (Å²) in [5.74, 6) is 2.56. The molecule has 2 heterocycles. The maximum absolute atomic E-state index is 12.6. The summed E-state index contributed by atoms with van der Waals surface area (Å²) in [7, 11) is 0. The van der Waals surface area contributed by atoms with E-state index in [0.717, 1.165) is 6.42 Å². The average molecular weight is 344 g/mol. The molecular weight excluding hydrogens is 320 g/mol. The average Bonchev–Trinajstić information content (AvgIpc) is 3.05. The lowest BCUT2D eigenvalue weighted by atomic mass is 9.98. The molecule has 5 atom stereocenters. The van der Waals surface area contributed by atoms with Crippen LogP contribution in [0.25, 0.3) is 0 Å². The maximum Gasteiger partial charge on any atom is 0.315 e. The van der Waals surface area contributed by atoms with E-state index in [2.05, 4.69) is 0 Å². The van der Waals surface area contributed by atoms with Crippen LogP contribution in [-0.2, 0) is 19.0 Å². The van der Waals surface area contributed by atoms with Crippen molar-refractivity contribution in [2.45, 2.75) is 56.2 Å². The van der Waals surface area contributed by atoms with Gasteiger partial charge < -0.3 is 14.2 Å². The molecule has 0 aromatic carbocycles. The zero-order chi connectivity index (χ0) is 15.5. The van der Waals surface area contributed by atoms with E-state index >= 15 is 0 Å². The highest BCUT2D eigenvalue weighted by Gasteiger charge is 2.80. The van der Waals surface area contributed by atoms with Crippen LogP contribution < -0.4 is 0 Å². The number of hydrogen-bond acceptors (Lipinski definition) is 6. The van der Waals surface area contributed by atoms with Crippen LogP contribution in [0, 0.1) is 17.3 Å². The lowest BCUT2D eigenvalue weighted by Gasteiger charge is -2.31. The molecule has 0 radical (unpaired) electrons. The number of hydrogen-bond donors (Lipinski definition) is 0. The van der Waals surface area contributed by atoms with Crippen molar-refractivity contribution in [3.63, 3.8) is 0 Å². The lowest BCUT2D eigenvalue weighted by molar-refractivity contribution is -0.173. The van der Waals surface area contributed by atoms with E-state index < -0.39 is 11.2 Å². The predicted molar refractivity (Wildman–Crippen MR) is 87.8 cm³/mol. The third-order valence-electron chi connectivity index (χ3n) is 5.36. The zero-order valence-corrected chi connectivity index (χ0v) is 15.0. The van der Waals surface area contributed by atoms with Crippen molar-refractivity contribution in [1.82, 2.24) is 0 Å². The Kier molecular flexibility index (Phi) is 3.76. The van der Waals surface area contributed by atoms with Gasteiger partial charge in [-0.25, -0.2) is 0 Å². The number of carbonyl (C=O) groups is 1. The highest BCUT2D eigenvalue weighted by Crippen LogP contribution is 2.72. The first-order valence-electron chi connectivity index (χ1n) is 8.25. The fourth-order valence-corrected chi connectivity index (χ4v) is 7.86. The molecule has 0 amide bonds. The van der Waals surface area contributed by atoms with E-state index in [1.807, 2.05) is 44.3 Å². The molecule has 0 N–H and O–H groups in total. The topological polar surface area (TPSA) is 44.8 Å². The van der Waals surface area contributed by atoms with Gasteiger partial charge in [0.1, 0.15) is 11.5 Å². The van der Waals surface area contributed by atoms with Crippen molar-refractivity contribution in [3.05, 3.63) is 0 Å². The first-order chi connectivity index (χ1) is 10.5. The molecule has 4 fully saturated rings. The van der Waals surface area contributed by atoms with Crippen LogP contribution in [0.1, 0.15) is 33.6 Å². The molecule has 4 nitrogen and oxygen atoms in total. The molecule has 4 aliphatic rings. The Morgan fingerprint density at radius 1 is 1.27 bits per heavy atom. The lowest BCUT2D eigenvalue weighted by Crippen LogP contribution is -2.37. The first kappa shape index (κ1) is 15.6.